The van der Waals surface area contributed by atoms with E-state index in [1.54, 1.807) is 30.3 Å². The molecule has 0 unspecified atom stereocenters. The first-order chi connectivity index (χ1) is 12.5. The van der Waals surface area contributed by atoms with E-state index in [0.29, 0.717) is 32.2 Å². The molecule has 0 atom stereocenters. The van der Waals surface area contributed by atoms with E-state index in [2.05, 4.69) is 4.98 Å². The summed E-state index contributed by atoms with van der Waals surface area (Å²) in [5, 5.41) is 11.2. The highest BCUT2D eigenvalue weighted by Crippen LogP contribution is 2.38. The standard InChI is InChI=1S/C19H16N2O4S/c1-9(2)24-12-6-4-3-5-10(12)17-16(23)15(22)14-13(25-17)8-7-11-18(14)26-19(20)21-11/h3-9,23H,1-2H3,(H2,20,21). The van der Waals surface area contributed by atoms with Crippen molar-refractivity contribution in [2.45, 2.75) is 20.0 Å². The number of thiazole rings is 1. The quantitative estimate of drug-likeness (QED) is 0.564. The summed E-state index contributed by atoms with van der Waals surface area (Å²) in [5.41, 5.74) is 6.71. The van der Waals surface area contributed by atoms with Gasteiger partial charge in [0.15, 0.2) is 10.9 Å². The zero-order valence-electron chi connectivity index (χ0n) is 14.1. The molecule has 0 bridgehead atoms. The number of hydrogen-bond donors (Lipinski definition) is 2. The van der Waals surface area contributed by atoms with Gasteiger partial charge in [0.05, 0.1) is 27.3 Å². The van der Waals surface area contributed by atoms with Crippen molar-refractivity contribution < 1.29 is 14.3 Å². The Balaban J connectivity index is 2.03. The van der Waals surface area contributed by atoms with Gasteiger partial charge in [0.1, 0.15) is 11.3 Å². The van der Waals surface area contributed by atoms with Crippen molar-refractivity contribution in [1.29, 1.82) is 0 Å². The summed E-state index contributed by atoms with van der Waals surface area (Å²) in [7, 11) is 0. The van der Waals surface area contributed by atoms with Gasteiger partial charge in [0, 0.05) is 0 Å². The highest BCUT2D eigenvalue weighted by Gasteiger charge is 2.21. The lowest BCUT2D eigenvalue weighted by Crippen LogP contribution is -2.07. The molecule has 7 heteroatoms. The van der Waals surface area contributed by atoms with Crippen molar-refractivity contribution in [2.24, 2.45) is 0 Å². The smallest absolute Gasteiger partial charge is 0.236 e. The zero-order valence-corrected chi connectivity index (χ0v) is 15.0. The van der Waals surface area contributed by atoms with E-state index >= 15 is 0 Å². The number of nitrogen functional groups attached to an aromatic ring is 1. The maximum absolute atomic E-state index is 12.9. The summed E-state index contributed by atoms with van der Waals surface area (Å²) in [4.78, 5) is 17.0. The van der Waals surface area contributed by atoms with E-state index in [4.69, 9.17) is 14.9 Å². The number of rotatable bonds is 3. The normalized spacial score (nSPS) is 11.5. The molecule has 0 saturated heterocycles. The fraction of sp³-hybridized carbons (Fsp3) is 0.158. The van der Waals surface area contributed by atoms with Gasteiger partial charge >= 0.3 is 0 Å². The second kappa shape index (κ2) is 6.03. The summed E-state index contributed by atoms with van der Waals surface area (Å²) in [6, 6.07) is 10.5. The summed E-state index contributed by atoms with van der Waals surface area (Å²) >= 11 is 1.19. The second-order valence-corrected chi connectivity index (χ2v) is 7.14. The van der Waals surface area contributed by atoms with Gasteiger partial charge in [-0.3, -0.25) is 4.79 Å². The Morgan fingerprint density at radius 1 is 1.23 bits per heavy atom. The van der Waals surface area contributed by atoms with Crippen LogP contribution in [0, 0.1) is 0 Å². The number of nitrogens with two attached hydrogens (primary N) is 1. The van der Waals surface area contributed by atoms with Crippen molar-refractivity contribution in [1.82, 2.24) is 4.98 Å². The predicted molar refractivity (Wildman–Crippen MR) is 103 cm³/mol. The number of nitrogens with zero attached hydrogens (tertiary/aromatic N) is 1. The molecule has 0 aliphatic carbocycles. The minimum atomic E-state index is -0.519. The van der Waals surface area contributed by atoms with E-state index in [-0.39, 0.29) is 17.3 Å². The van der Waals surface area contributed by atoms with Crippen molar-refractivity contribution in [3.63, 3.8) is 0 Å². The number of fused-ring (bicyclic) bond motifs is 3. The zero-order chi connectivity index (χ0) is 18.4. The van der Waals surface area contributed by atoms with Gasteiger partial charge in [-0.25, -0.2) is 4.98 Å². The third-order valence-electron chi connectivity index (χ3n) is 3.90. The Morgan fingerprint density at radius 3 is 2.77 bits per heavy atom. The van der Waals surface area contributed by atoms with Crippen LogP contribution in [0.1, 0.15) is 13.8 Å². The number of para-hydroxylation sites is 1. The highest BCUT2D eigenvalue weighted by molar-refractivity contribution is 7.23. The minimum Gasteiger partial charge on any atom is -0.502 e. The lowest BCUT2D eigenvalue weighted by molar-refractivity contribution is 0.243. The third kappa shape index (κ3) is 2.57. The van der Waals surface area contributed by atoms with Crippen LogP contribution in [0.25, 0.3) is 32.5 Å². The molecule has 2 aromatic heterocycles. The molecule has 0 spiro atoms. The SMILES string of the molecule is CC(C)Oc1ccccc1-c1oc2ccc3nc(N)sc3c2c(=O)c1O. The van der Waals surface area contributed by atoms with Gasteiger partial charge in [-0.15, -0.1) is 0 Å². The Labute approximate surface area is 152 Å². The highest BCUT2D eigenvalue weighted by atomic mass is 32.1. The summed E-state index contributed by atoms with van der Waals surface area (Å²) in [6.07, 6.45) is -0.0646. The van der Waals surface area contributed by atoms with Crippen molar-refractivity contribution in [3.05, 3.63) is 46.6 Å². The molecule has 2 aromatic carbocycles. The molecule has 0 saturated carbocycles. The third-order valence-corrected chi connectivity index (χ3v) is 4.82. The summed E-state index contributed by atoms with van der Waals surface area (Å²) in [6.45, 7) is 3.80. The van der Waals surface area contributed by atoms with Crippen LogP contribution in [0.3, 0.4) is 0 Å². The molecule has 132 valence electrons. The van der Waals surface area contributed by atoms with Gasteiger partial charge in [-0.05, 0) is 38.1 Å². The molecular weight excluding hydrogens is 352 g/mol. The van der Waals surface area contributed by atoms with Crippen LogP contribution in [0.5, 0.6) is 11.5 Å². The van der Waals surface area contributed by atoms with E-state index in [9.17, 15) is 9.90 Å². The van der Waals surface area contributed by atoms with Gasteiger partial charge in [-0.1, -0.05) is 23.5 Å². The van der Waals surface area contributed by atoms with Crippen LogP contribution < -0.4 is 15.9 Å². The molecule has 0 aliphatic rings. The predicted octanol–water partition coefficient (Wildman–Crippen LogP) is 4.14. The Bertz CT molecular complexity index is 1190. The molecule has 0 aliphatic heterocycles. The lowest BCUT2D eigenvalue weighted by atomic mass is 10.1. The molecule has 26 heavy (non-hydrogen) atoms. The Kier molecular flexibility index (Phi) is 3.81. The average molecular weight is 368 g/mol. The molecule has 4 aromatic rings. The molecule has 3 N–H and O–H groups in total. The molecule has 4 rings (SSSR count). The first-order valence-corrected chi connectivity index (χ1v) is 8.88. The summed E-state index contributed by atoms with van der Waals surface area (Å²) in [5.74, 6) is 0.149. The minimum absolute atomic E-state index is 0.0646. The Hall–Kier alpha value is -3.06. The lowest BCUT2D eigenvalue weighted by Gasteiger charge is -2.14. The summed E-state index contributed by atoms with van der Waals surface area (Å²) < 4.78 is 12.3. The molecule has 2 heterocycles. The van der Waals surface area contributed by atoms with E-state index in [0.717, 1.165) is 0 Å². The number of anilines is 1. The topological polar surface area (TPSA) is 98.6 Å². The first-order valence-electron chi connectivity index (χ1n) is 8.06. The van der Waals surface area contributed by atoms with Crippen LogP contribution in [0.4, 0.5) is 5.13 Å². The van der Waals surface area contributed by atoms with Crippen molar-refractivity contribution in [2.75, 3.05) is 5.73 Å². The average Bonchev–Trinajstić information content (AvgIpc) is 2.98. The fourth-order valence-electron chi connectivity index (χ4n) is 2.86. The Morgan fingerprint density at radius 2 is 2.00 bits per heavy atom. The van der Waals surface area contributed by atoms with E-state index in [1.165, 1.54) is 11.3 Å². The second-order valence-electron chi connectivity index (χ2n) is 6.11. The number of ether oxygens (including phenoxy) is 1. The van der Waals surface area contributed by atoms with Gasteiger partial charge in [0.2, 0.25) is 11.2 Å². The van der Waals surface area contributed by atoms with Crippen LogP contribution in [0.2, 0.25) is 0 Å². The maximum atomic E-state index is 12.9. The molecule has 0 amide bonds. The molecule has 0 fully saturated rings. The van der Waals surface area contributed by atoms with Crippen LogP contribution in [-0.2, 0) is 0 Å². The van der Waals surface area contributed by atoms with Crippen LogP contribution in [-0.4, -0.2) is 16.2 Å². The number of hydrogen-bond acceptors (Lipinski definition) is 7. The van der Waals surface area contributed by atoms with Gasteiger partial charge in [-0.2, -0.15) is 0 Å². The van der Waals surface area contributed by atoms with Crippen LogP contribution >= 0.6 is 11.3 Å². The number of aromatic hydroxyl groups is 1. The van der Waals surface area contributed by atoms with Gasteiger partial charge < -0.3 is 20.0 Å². The first kappa shape index (κ1) is 16.4. The molecule has 6 nitrogen and oxygen atoms in total. The monoisotopic (exact) mass is 368 g/mol. The fourth-order valence-corrected chi connectivity index (χ4v) is 3.73. The van der Waals surface area contributed by atoms with Gasteiger partial charge in [0.25, 0.3) is 0 Å². The van der Waals surface area contributed by atoms with Crippen molar-refractivity contribution >= 4 is 37.7 Å². The number of aromatic nitrogens is 1. The molecule has 0 radical (unpaired) electrons. The van der Waals surface area contributed by atoms with Crippen LogP contribution in [0.15, 0.2) is 45.6 Å². The van der Waals surface area contributed by atoms with Crippen molar-refractivity contribution in [3.8, 4) is 22.8 Å². The number of benzene rings is 2. The molecular formula is C19H16N2O4S. The largest absolute Gasteiger partial charge is 0.502 e. The maximum Gasteiger partial charge on any atom is 0.236 e. The van der Waals surface area contributed by atoms with E-state index < -0.39 is 11.2 Å². The van der Waals surface area contributed by atoms with E-state index in [1.807, 2.05) is 19.9 Å².